The van der Waals surface area contributed by atoms with E-state index in [4.69, 9.17) is 4.84 Å². The van der Waals surface area contributed by atoms with E-state index in [1.165, 1.54) is 0 Å². The summed E-state index contributed by atoms with van der Waals surface area (Å²) in [5.74, 6) is 0.625. The van der Waals surface area contributed by atoms with Gasteiger partial charge in [-0.1, -0.05) is 52.7 Å². The third kappa shape index (κ3) is 3.54. The summed E-state index contributed by atoms with van der Waals surface area (Å²) in [4.78, 5) is 18.7. The summed E-state index contributed by atoms with van der Waals surface area (Å²) in [5, 5.41) is 6.27. The molecular formula is C22H25N3O2. The van der Waals surface area contributed by atoms with Crippen LogP contribution in [-0.2, 0) is 16.1 Å². The maximum absolute atomic E-state index is 12.8. The summed E-state index contributed by atoms with van der Waals surface area (Å²) in [6.07, 6.45) is 4.18. The Morgan fingerprint density at radius 2 is 1.78 bits per heavy atom. The fraction of sp³-hybridized carbons (Fsp3) is 0.364. The minimum Gasteiger partial charge on any atom is -0.363 e. The molecule has 5 heteroatoms. The van der Waals surface area contributed by atoms with Crippen LogP contribution in [0.3, 0.4) is 0 Å². The second kappa shape index (κ2) is 7.06. The van der Waals surface area contributed by atoms with Crippen molar-refractivity contribution in [2.45, 2.75) is 51.7 Å². The molecule has 0 atom stereocenters. The molecule has 1 N–H and O–H groups in total. The average Bonchev–Trinajstić information content (AvgIpc) is 3.24. The standard InChI is InChI=1S/C22H25N3O2/c1-16-12-17(2)14-19(13-16)21-24-27-22(10-6-7-11-22)25(21)23-20(26)15-18-8-4-3-5-9-18/h3-5,8-9,12-14H,6-7,10-11,15H2,1-2H3,(H,23,26). The van der Waals surface area contributed by atoms with Crippen LogP contribution in [0.2, 0.25) is 0 Å². The Hall–Kier alpha value is -2.82. The van der Waals surface area contributed by atoms with E-state index in [0.29, 0.717) is 12.3 Å². The number of nitrogens with zero attached hydrogens (tertiary/aromatic N) is 2. The molecule has 140 valence electrons. The largest absolute Gasteiger partial charge is 0.363 e. The van der Waals surface area contributed by atoms with Crippen LogP contribution >= 0.6 is 0 Å². The third-order valence-corrected chi connectivity index (χ3v) is 5.23. The van der Waals surface area contributed by atoms with Gasteiger partial charge in [0.15, 0.2) is 5.84 Å². The van der Waals surface area contributed by atoms with E-state index < -0.39 is 5.72 Å². The number of rotatable bonds is 4. The van der Waals surface area contributed by atoms with Crippen LogP contribution in [0.15, 0.2) is 53.7 Å². The van der Waals surface area contributed by atoms with Gasteiger partial charge in [-0.3, -0.25) is 10.2 Å². The van der Waals surface area contributed by atoms with Crippen molar-refractivity contribution >= 4 is 11.7 Å². The van der Waals surface area contributed by atoms with Crippen molar-refractivity contribution in [2.24, 2.45) is 5.16 Å². The molecule has 1 saturated carbocycles. The number of nitrogens with one attached hydrogen (secondary N) is 1. The summed E-state index contributed by atoms with van der Waals surface area (Å²) in [5.41, 5.74) is 6.81. The SMILES string of the molecule is Cc1cc(C)cc(C2=NOC3(CCCC3)N2NC(=O)Cc2ccccc2)c1. The summed E-state index contributed by atoms with van der Waals surface area (Å²) in [7, 11) is 0. The van der Waals surface area contributed by atoms with Gasteiger partial charge in [-0.2, -0.15) is 0 Å². The van der Waals surface area contributed by atoms with Gasteiger partial charge in [-0.05, 0) is 44.4 Å². The first-order valence-corrected chi connectivity index (χ1v) is 9.54. The molecule has 1 aliphatic carbocycles. The lowest BCUT2D eigenvalue weighted by atomic mass is 10.1. The van der Waals surface area contributed by atoms with Crippen molar-refractivity contribution in [2.75, 3.05) is 0 Å². The molecule has 1 amide bonds. The van der Waals surface area contributed by atoms with Crippen molar-refractivity contribution in [1.82, 2.24) is 10.4 Å². The smallest absolute Gasteiger partial charge is 0.243 e. The topological polar surface area (TPSA) is 53.9 Å². The van der Waals surface area contributed by atoms with Gasteiger partial charge < -0.3 is 4.84 Å². The van der Waals surface area contributed by atoms with Crippen molar-refractivity contribution < 1.29 is 9.63 Å². The Labute approximate surface area is 160 Å². The highest BCUT2D eigenvalue weighted by Crippen LogP contribution is 2.40. The zero-order valence-corrected chi connectivity index (χ0v) is 15.9. The minimum atomic E-state index is -0.556. The first kappa shape index (κ1) is 17.6. The number of amidine groups is 1. The zero-order valence-electron chi connectivity index (χ0n) is 15.9. The molecule has 1 fully saturated rings. The van der Waals surface area contributed by atoms with Crippen molar-refractivity contribution in [1.29, 1.82) is 0 Å². The number of benzene rings is 2. The third-order valence-electron chi connectivity index (χ3n) is 5.23. The lowest BCUT2D eigenvalue weighted by molar-refractivity contribution is -0.140. The molecule has 2 aliphatic rings. The maximum Gasteiger partial charge on any atom is 0.243 e. The number of amides is 1. The van der Waals surface area contributed by atoms with Crippen LogP contribution in [0.25, 0.3) is 0 Å². The van der Waals surface area contributed by atoms with Gasteiger partial charge in [0.1, 0.15) is 0 Å². The van der Waals surface area contributed by atoms with Crippen LogP contribution in [0.4, 0.5) is 0 Å². The second-order valence-corrected chi connectivity index (χ2v) is 7.57. The van der Waals surface area contributed by atoms with Crippen LogP contribution in [0, 0.1) is 13.8 Å². The Balaban J connectivity index is 1.60. The highest BCUT2D eigenvalue weighted by molar-refractivity contribution is 6.01. The van der Waals surface area contributed by atoms with E-state index in [2.05, 4.69) is 42.6 Å². The fourth-order valence-corrected chi connectivity index (χ4v) is 4.03. The first-order chi connectivity index (χ1) is 13.1. The molecule has 27 heavy (non-hydrogen) atoms. The number of hydrogen-bond acceptors (Lipinski definition) is 4. The molecule has 0 unspecified atom stereocenters. The molecule has 0 saturated heterocycles. The molecule has 2 aromatic carbocycles. The Kier molecular flexibility index (Phi) is 4.60. The molecule has 5 nitrogen and oxygen atoms in total. The molecule has 0 radical (unpaired) electrons. The Bertz CT molecular complexity index is 850. The molecule has 0 bridgehead atoms. The van der Waals surface area contributed by atoms with Gasteiger partial charge in [0.05, 0.1) is 6.42 Å². The summed E-state index contributed by atoms with van der Waals surface area (Å²) in [6, 6.07) is 16.1. The normalized spacial score (nSPS) is 17.7. The molecule has 1 spiro atoms. The predicted molar refractivity (Wildman–Crippen MR) is 105 cm³/mol. The zero-order chi connectivity index (χ0) is 18.9. The molecule has 2 aromatic rings. The Morgan fingerprint density at radius 3 is 2.44 bits per heavy atom. The van der Waals surface area contributed by atoms with Gasteiger partial charge >= 0.3 is 0 Å². The van der Waals surface area contributed by atoms with Crippen LogP contribution in [-0.4, -0.2) is 22.5 Å². The number of aryl methyl sites for hydroxylation is 2. The minimum absolute atomic E-state index is 0.0601. The van der Waals surface area contributed by atoms with Crippen molar-refractivity contribution in [3.63, 3.8) is 0 Å². The second-order valence-electron chi connectivity index (χ2n) is 7.57. The van der Waals surface area contributed by atoms with Crippen molar-refractivity contribution in [3.8, 4) is 0 Å². The van der Waals surface area contributed by atoms with E-state index in [0.717, 1.165) is 47.9 Å². The van der Waals surface area contributed by atoms with Gasteiger partial charge in [0, 0.05) is 18.4 Å². The molecule has 4 rings (SSSR count). The van der Waals surface area contributed by atoms with Gasteiger partial charge in [-0.25, -0.2) is 5.01 Å². The van der Waals surface area contributed by atoms with E-state index in [9.17, 15) is 4.79 Å². The quantitative estimate of drug-likeness (QED) is 0.898. The number of carbonyl (C=O) groups is 1. The number of carbonyl (C=O) groups excluding carboxylic acids is 1. The predicted octanol–water partition coefficient (Wildman–Crippen LogP) is 3.84. The van der Waals surface area contributed by atoms with E-state index in [-0.39, 0.29) is 5.91 Å². The van der Waals surface area contributed by atoms with E-state index in [1.807, 2.05) is 35.3 Å². The molecule has 0 aromatic heterocycles. The van der Waals surface area contributed by atoms with Crippen LogP contribution in [0.1, 0.15) is 47.9 Å². The summed E-state index contributed by atoms with van der Waals surface area (Å²) in [6.45, 7) is 4.13. The molecule has 1 aliphatic heterocycles. The molecule has 1 heterocycles. The average molecular weight is 363 g/mol. The number of hydrogen-bond donors (Lipinski definition) is 1. The monoisotopic (exact) mass is 363 g/mol. The fourth-order valence-electron chi connectivity index (χ4n) is 4.03. The lowest BCUT2D eigenvalue weighted by Crippen LogP contribution is -2.56. The van der Waals surface area contributed by atoms with Gasteiger partial charge in [0.2, 0.25) is 11.6 Å². The van der Waals surface area contributed by atoms with E-state index in [1.54, 1.807) is 0 Å². The maximum atomic E-state index is 12.8. The molecular weight excluding hydrogens is 338 g/mol. The summed E-state index contributed by atoms with van der Waals surface area (Å²) >= 11 is 0. The highest BCUT2D eigenvalue weighted by Gasteiger charge is 2.49. The Morgan fingerprint density at radius 1 is 1.11 bits per heavy atom. The lowest BCUT2D eigenvalue weighted by Gasteiger charge is -2.34. The van der Waals surface area contributed by atoms with Crippen LogP contribution < -0.4 is 5.43 Å². The van der Waals surface area contributed by atoms with Crippen LogP contribution in [0.5, 0.6) is 0 Å². The number of oxime groups is 1. The first-order valence-electron chi connectivity index (χ1n) is 9.54. The van der Waals surface area contributed by atoms with Crippen molar-refractivity contribution in [3.05, 3.63) is 70.8 Å². The number of hydrazine groups is 1. The van der Waals surface area contributed by atoms with Gasteiger partial charge in [0.25, 0.3) is 0 Å². The van der Waals surface area contributed by atoms with E-state index >= 15 is 0 Å². The highest BCUT2D eigenvalue weighted by atomic mass is 16.7. The van der Waals surface area contributed by atoms with Gasteiger partial charge in [-0.15, -0.1) is 0 Å². The summed E-state index contributed by atoms with van der Waals surface area (Å²) < 4.78 is 0.